The number of hydrogen-bond donors (Lipinski definition) is 1. The largest absolute Gasteiger partial charge is 0.505 e. The lowest BCUT2D eigenvalue weighted by molar-refractivity contribution is -0.123. The first kappa shape index (κ1) is 12.5. The van der Waals surface area contributed by atoms with Gasteiger partial charge in [-0.1, -0.05) is 24.3 Å². The van der Waals surface area contributed by atoms with Gasteiger partial charge in [0.25, 0.3) is 0 Å². The zero-order valence-electron chi connectivity index (χ0n) is 10.8. The lowest BCUT2D eigenvalue weighted by Gasteiger charge is -2.13. The molecule has 1 saturated carbocycles. The van der Waals surface area contributed by atoms with Gasteiger partial charge < -0.3 is 5.11 Å². The minimum Gasteiger partial charge on any atom is -0.505 e. The molecule has 2 aromatic rings. The van der Waals surface area contributed by atoms with Gasteiger partial charge in [-0.2, -0.15) is 0 Å². The van der Waals surface area contributed by atoms with Gasteiger partial charge in [-0.3, -0.25) is 9.59 Å². The summed E-state index contributed by atoms with van der Waals surface area (Å²) >= 11 is 0. The summed E-state index contributed by atoms with van der Waals surface area (Å²) in [6.07, 6.45) is 1.16. The lowest BCUT2D eigenvalue weighted by Crippen LogP contribution is -2.20. The molecule has 4 nitrogen and oxygen atoms in total. The second-order valence-corrected chi connectivity index (χ2v) is 4.81. The predicted octanol–water partition coefficient (Wildman–Crippen LogP) is 2.83. The Balaban J connectivity index is 2.13. The highest BCUT2D eigenvalue weighted by molar-refractivity contribution is 6.25. The first-order chi connectivity index (χ1) is 9.66. The molecule has 0 atom stereocenters. The number of benzene rings is 1. The van der Waals surface area contributed by atoms with E-state index in [0.29, 0.717) is 24.8 Å². The van der Waals surface area contributed by atoms with Crippen molar-refractivity contribution in [3.05, 3.63) is 47.7 Å². The molecule has 0 aliphatic heterocycles. The SMILES string of the molecule is O=C1CCCC(=O)C1=C(O)c1ccc2ccccc2n1. The fourth-order valence-corrected chi connectivity index (χ4v) is 2.41. The summed E-state index contributed by atoms with van der Waals surface area (Å²) in [5, 5.41) is 11.2. The average molecular weight is 267 g/mol. The number of allylic oxidation sites excluding steroid dienone is 1. The minimum absolute atomic E-state index is 0.0981. The molecular weight excluding hydrogens is 254 g/mol. The van der Waals surface area contributed by atoms with E-state index < -0.39 is 0 Å². The molecule has 0 amide bonds. The summed E-state index contributed by atoms with van der Waals surface area (Å²) in [5.74, 6) is -0.895. The molecule has 1 aromatic heterocycles. The number of rotatable bonds is 1. The van der Waals surface area contributed by atoms with Crippen molar-refractivity contribution in [1.82, 2.24) is 4.98 Å². The maximum absolute atomic E-state index is 11.8. The van der Waals surface area contributed by atoms with Crippen molar-refractivity contribution in [2.45, 2.75) is 19.3 Å². The zero-order valence-corrected chi connectivity index (χ0v) is 10.8. The summed E-state index contributed by atoms with van der Waals surface area (Å²) < 4.78 is 0. The molecule has 0 radical (unpaired) electrons. The van der Waals surface area contributed by atoms with Crippen LogP contribution in [0.5, 0.6) is 0 Å². The van der Waals surface area contributed by atoms with Gasteiger partial charge in [0.1, 0.15) is 11.3 Å². The van der Waals surface area contributed by atoms with E-state index in [0.717, 1.165) is 5.39 Å². The van der Waals surface area contributed by atoms with Crippen molar-refractivity contribution in [1.29, 1.82) is 0 Å². The lowest BCUT2D eigenvalue weighted by atomic mass is 9.90. The van der Waals surface area contributed by atoms with E-state index in [1.54, 1.807) is 6.07 Å². The van der Waals surface area contributed by atoms with Crippen LogP contribution in [0.2, 0.25) is 0 Å². The zero-order chi connectivity index (χ0) is 14.1. The molecule has 1 fully saturated rings. The minimum atomic E-state index is -0.301. The number of carbonyl (C=O) groups excluding carboxylic acids is 2. The average Bonchev–Trinajstić information content (AvgIpc) is 2.46. The number of carbonyl (C=O) groups is 2. The van der Waals surface area contributed by atoms with Crippen molar-refractivity contribution >= 4 is 28.2 Å². The van der Waals surface area contributed by atoms with Crippen LogP contribution in [0, 0.1) is 0 Å². The van der Waals surface area contributed by atoms with Gasteiger partial charge in [0.15, 0.2) is 17.3 Å². The molecule has 100 valence electrons. The van der Waals surface area contributed by atoms with Crippen LogP contribution in [0.3, 0.4) is 0 Å². The van der Waals surface area contributed by atoms with Crippen LogP contribution in [-0.2, 0) is 9.59 Å². The van der Waals surface area contributed by atoms with E-state index >= 15 is 0 Å². The summed E-state index contributed by atoms with van der Waals surface area (Å²) in [6, 6.07) is 10.9. The van der Waals surface area contributed by atoms with E-state index in [4.69, 9.17) is 0 Å². The molecule has 1 heterocycles. The Morgan fingerprint density at radius 1 is 1.00 bits per heavy atom. The molecule has 0 spiro atoms. The van der Waals surface area contributed by atoms with Crippen LogP contribution < -0.4 is 0 Å². The number of pyridine rings is 1. The third-order valence-corrected chi connectivity index (χ3v) is 3.44. The van der Waals surface area contributed by atoms with Crippen LogP contribution in [-0.4, -0.2) is 21.7 Å². The highest BCUT2D eigenvalue weighted by atomic mass is 16.3. The number of aliphatic hydroxyl groups excluding tert-OH is 1. The van der Waals surface area contributed by atoms with Crippen molar-refractivity contribution in [2.75, 3.05) is 0 Å². The van der Waals surface area contributed by atoms with Crippen LogP contribution in [0.4, 0.5) is 0 Å². The van der Waals surface area contributed by atoms with Gasteiger partial charge in [-0.05, 0) is 18.6 Å². The van der Waals surface area contributed by atoms with Gasteiger partial charge in [0.2, 0.25) is 0 Å². The van der Waals surface area contributed by atoms with E-state index in [2.05, 4.69) is 4.98 Å². The summed E-state index contributed by atoms with van der Waals surface area (Å²) in [4.78, 5) is 27.9. The Kier molecular flexibility index (Phi) is 3.06. The van der Waals surface area contributed by atoms with Gasteiger partial charge in [-0.15, -0.1) is 0 Å². The molecular formula is C16H13NO3. The number of Topliss-reactive ketones (excluding diaryl/α,β-unsaturated/α-hetero) is 2. The molecule has 20 heavy (non-hydrogen) atoms. The highest BCUT2D eigenvalue weighted by Crippen LogP contribution is 2.24. The highest BCUT2D eigenvalue weighted by Gasteiger charge is 2.28. The predicted molar refractivity (Wildman–Crippen MR) is 75.2 cm³/mol. The fraction of sp³-hybridized carbons (Fsp3) is 0.188. The maximum Gasteiger partial charge on any atom is 0.170 e. The maximum atomic E-state index is 11.8. The van der Waals surface area contributed by atoms with E-state index in [1.807, 2.05) is 30.3 Å². The molecule has 4 heteroatoms. The number of ketones is 2. The number of aliphatic hydroxyl groups is 1. The molecule has 1 aliphatic carbocycles. The first-order valence-electron chi connectivity index (χ1n) is 6.52. The third-order valence-electron chi connectivity index (χ3n) is 3.44. The van der Waals surface area contributed by atoms with Gasteiger partial charge in [-0.25, -0.2) is 4.98 Å². The molecule has 0 unspecified atom stereocenters. The van der Waals surface area contributed by atoms with Crippen molar-refractivity contribution in [3.63, 3.8) is 0 Å². The summed E-state index contributed by atoms with van der Waals surface area (Å²) in [6.45, 7) is 0. The van der Waals surface area contributed by atoms with Crippen molar-refractivity contribution in [2.24, 2.45) is 0 Å². The molecule has 1 N–H and O–H groups in total. The molecule has 0 saturated heterocycles. The van der Waals surface area contributed by atoms with E-state index in [-0.39, 0.29) is 28.6 Å². The molecule has 1 aromatic carbocycles. The second-order valence-electron chi connectivity index (χ2n) is 4.81. The Labute approximate surface area is 115 Å². The van der Waals surface area contributed by atoms with Crippen LogP contribution in [0.1, 0.15) is 25.0 Å². The van der Waals surface area contributed by atoms with E-state index in [1.165, 1.54) is 0 Å². The summed E-state index contributed by atoms with van der Waals surface area (Å²) in [5.41, 5.74) is 0.884. The Morgan fingerprint density at radius 2 is 1.70 bits per heavy atom. The van der Waals surface area contributed by atoms with Crippen LogP contribution in [0.25, 0.3) is 16.7 Å². The number of nitrogens with zero attached hydrogens (tertiary/aromatic N) is 1. The van der Waals surface area contributed by atoms with Gasteiger partial charge in [0.05, 0.1) is 5.52 Å². The Hall–Kier alpha value is -2.49. The van der Waals surface area contributed by atoms with Gasteiger partial charge >= 0.3 is 0 Å². The topological polar surface area (TPSA) is 67.3 Å². The quantitative estimate of drug-likeness (QED) is 0.490. The Bertz CT molecular complexity index is 728. The fourth-order valence-electron chi connectivity index (χ4n) is 2.41. The summed E-state index contributed by atoms with van der Waals surface area (Å²) in [7, 11) is 0. The second kappa shape index (κ2) is 4.89. The van der Waals surface area contributed by atoms with Crippen molar-refractivity contribution in [3.8, 4) is 0 Å². The monoisotopic (exact) mass is 267 g/mol. The third kappa shape index (κ3) is 2.09. The molecule has 3 rings (SSSR count). The normalized spacial score (nSPS) is 15.7. The van der Waals surface area contributed by atoms with E-state index in [9.17, 15) is 14.7 Å². The number of hydrogen-bond acceptors (Lipinski definition) is 4. The molecule has 0 bridgehead atoms. The number of aromatic nitrogens is 1. The first-order valence-corrected chi connectivity index (χ1v) is 6.52. The number of para-hydroxylation sites is 1. The van der Waals surface area contributed by atoms with Gasteiger partial charge in [0, 0.05) is 18.2 Å². The van der Waals surface area contributed by atoms with Crippen LogP contribution in [0.15, 0.2) is 42.0 Å². The number of fused-ring (bicyclic) bond motifs is 1. The van der Waals surface area contributed by atoms with Crippen LogP contribution >= 0.6 is 0 Å². The van der Waals surface area contributed by atoms with Crippen molar-refractivity contribution < 1.29 is 14.7 Å². The Morgan fingerprint density at radius 3 is 2.45 bits per heavy atom. The standard InChI is InChI=1S/C16H13NO3/c18-13-6-3-7-14(19)15(13)16(20)12-9-8-10-4-1-2-5-11(10)17-12/h1-2,4-5,8-9,20H,3,6-7H2. The smallest absolute Gasteiger partial charge is 0.170 e. The molecule has 1 aliphatic rings.